The van der Waals surface area contributed by atoms with E-state index in [1.165, 1.54) is 24.3 Å². The highest BCUT2D eigenvalue weighted by Crippen LogP contribution is 2.29. The summed E-state index contributed by atoms with van der Waals surface area (Å²) >= 11 is 0. The third-order valence-corrected chi connectivity index (χ3v) is 3.90. The normalized spacial score (nSPS) is 11.4. The summed E-state index contributed by atoms with van der Waals surface area (Å²) in [5.74, 6) is 9.17. The number of nitrogens with one attached hydrogen (secondary N) is 1. The van der Waals surface area contributed by atoms with Crippen LogP contribution in [0.25, 0.3) is 0 Å². The summed E-state index contributed by atoms with van der Waals surface area (Å²) in [7, 11) is 0. The fraction of sp³-hybridized carbons (Fsp3) is 0.182. The van der Waals surface area contributed by atoms with Crippen LogP contribution in [0.4, 0.5) is 13.2 Å². The second kappa shape index (κ2) is 10.3. The van der Waals surface area contributed by atoms with E-state index in [9.17, 15) is 22.8 Å². The molecule has 4 N–H and O–H groups in total. The van der Waals surface area contributed by atoms with Gasteiger partial charge in [-0.05, 0) is 54.3 Å². The number of benzene rings is 2. The fourth-order valence-corrected chi connectivity index (χ4v) is 2.31. The number of hydrogen-bond donors (Lipinski definition) is 3. The Morgan fingerprint density at radius 1 is 1.03 bits per heavy atom. The molecular formula is C22H17F3N2O3. The van der Waals surface area contributed by atoms with Gasteiger partial charge in [-0.15, -0.1) is 0 Å². The molecule has 0 radical (unpaired) electrons. The Morgan fingerprint density at radius 2 is 1.67 bits per heavy atom. The Hall–Kier alpha value is -3.59. The lowest BCUT2D eigenvalue weighted by atomic mass is 10.1. The van der Waals surface area contributed by atoms with E-state index in [1.54, 1.807) is 12.1 Å². The number of nitrogens with two attached hydrogens (primary N) is 1. The van der Waals surface area contributed by atoms with Crippen LogP contribution in [0.1, 0.15) is 27.0 Å². The van der Waals surface area contributed by atoms with E-state index in [4.69, 9.17) is 10.8 Å². The Kier molecular flexibility index (Phi) is 7.76. The zero-order valence-corrected chi connectivity index (χ0v) is 15.6. The van der Waals surface area contributed by atoms with Crippen molar-refractivity contribution in [2.24, 2.45) is 5.73 Å². The van der Waals surface area contributed by atoms with Crippen molar-refractivity contribution in [3.8, 4) is 23.7 Å². The van der Waals surface area contributed by atoms with Crippen LogP contribution in [-0.2, 0) is 11.0 Å². The van der Waals surface area contributed by atoms with Crippen LogP contribution < -0.4 is 11.1 Å². The molecular weight excluding hydrogens is 397 g/mol. The summed E-state index contributed by atoms with van der Waals surface area (Å²) in [6, 6.07) is 9.72. The van der Waals surface area contributed by atoms with Crippen LogP contribution in [0.15, 0.2) is 48.5 Å². The van der Waals surface area contributed by atoms with E-state index in [1.807, 2.05) is 0 Å². The van der Waals surface area contributed by atoms with E-state index < -0.39 is 36.1 Å². The van der Waals surface area contributed by atoms with Gasteiger partial charge in [-0.3, -0.25) is 9.59 Å². The van der Waals surface area contributed by atoms with E-state index in [2.05, 4.69) is 29.0 Å². The first-order chi connectivity index (χ1) is 14.2. The largest absolute Gasteiger partial charge is 0.416 e. The zero-order chi connectivity index (χ0) is 22.1. The number of hydrogen-bond acceptors (Lipinski definition) is 4. The van der Waals surface area contributed by atoms with E-state index in [0.29, 0.717) is 5.56 Å². The topological polar surface area (TPSA) is 92.4 Å². The Balaban J connectivity index is 2.05. The maximum atomic E-state index is 12.7. The summed E-state index contributed by atoms with van der Waals surface area (Å²) in [5, 5.41) is 11.3. The van der Waals surface area contributed by atoms with Crippen LogP contribution in [0.5, 0.6) is 0 Å². The number of rotatable bonds is 5. The van der Waals surface area contributed by atoms with Crippen molar-refractivity contribution in [3.63, 3.8) is 0 Å². The minimum absolute atomic E-state index is 0.140. The molecule has 0 saturated carbocycles. The molecule has 2 aromatic carbocycles. The van der Waals surface area contributed by atoms with Gasteiger partial charge in [-0.25, -0.2) is 0 Å². The molecule has 0 aromatic heterocycles. The molecule has 0 aliphatic carbocycles. The molecule has 8 heteroatoms. The standard InChI is InChI=1S/C22H17F3N2O3/c23-22(24,25)18-7-3-6-16(12-18)5-2-1-4-15-8-10-17(11-9-15)21(30)27-19(13-26)20(29)14-28/h3,6-12,19,28H,13-14,26H2,(H,27,30)/t19-/m0/s1. The van der Waals surface area contributed by atoms with Crippen LogP contribution in [0.2, 0.25) is 0 Å². The minimum Gasteiger partial charge on any atom is -0.388 e. The minimum atomic E-state index is -4.44. The van der Waals surface area contributed by atoms with Crippen molar-refractivity contribution in [2.45, 2.75) is 12.2 Å². The van der Waals surface area contributed by atoms with Crippen LogP contribution in [0.3, 0.4) is 0 Å². The Morgan fingerprint density at radius 3 is 2.23 bits per heavy atom. The van der Waals surface area contributed by atoms with Crippen LogP contribution in [-0.4, -0.2) is 36.0 Å². The lowest BCUT2D eigenvalue weighted by Crippen LogP contribution is -2.46. The average molecular weight is 414 g/mol. The predicted molar refractivity (Wildman–Crippen MR) is 104 cm³/mol. The molecule has 0 aliphatic rings. The Labute approximate surface area is 171 Å². The molecule has 0 spiro atoms. The maximum absolute atomic E-state index is 12.7. The number of ketones is 1. The van der Waals surface area contributed by atoms with E-state index in [-0.39, 0.29) is 17.7 Å². The van der Waals surface area contributed by atoms with Crippen molar-refractivity contribution in [1.29, 1.82) is 0 Å². The number of aliphatic hydroxyl groups is 1. The molecule has 1 amide bonds. The molecule has 30 heavy (non-hydrogen) atoms. The molecule has 0 saturated heterocycles. The molecule has 1 atom stereocenters. The van der Waals surface area contributed by atoms with E-state index >= 15 is 0 Å². The maximum Gasteiger partial charge on any atom is 0.416 e. The lowest BCUT2D eigenvalue weighted by molar-refractivity contribution is -0.137. The van der Waals surface area contributed by atoms with Gasteiger partial charge in [0.15, 0.2) is 5.78 Å². The number of aliphatic hydroxyl groups excluding tert-OH is 1. The third-order valence-electron chi connectivity index (χ3n) is 3.90. The van der Waals surface area contributed by atoms with Gasteiger partial charge in [0.1, 0.15) is 12.6 Å². The van der Waals surface area contributed by atoms with Crippen LogP contribution in [0, 0.1) is 23.7 Å². The number of Topliss-reactive ketones (excluding diaryl/α,β-unsaturated/α-hetero) is 1. The molecule has 2 rings (SSSR count). The number of amides is 1. The Bertz CT molecular complexity index is 1040. The highest BCUT2D eigenvalue weighted by atomic mass is 19.4. The van der Waals surface area contributed by atoms with Gasteiger partial charge in [-0.1, -0.05) is 17.9 Å². The second-order valence-electron chi connectivity index (χ2n) is 6.04. The van der Waals surface area contributed by atoms with Gasteiger partial charge < -0.3 is 16.2 Å². The highest BCUT2D eigenvalue weighted by Gasteiger charge is 2.30. The van der Waals surface area contributed by atoms with Crippen molar-refractivity contribution in [2.75, 3.05) is 13.2 Å². The molecule has 0 heterocycles. The summed E-state index contributed by atoms with van der Waals surface area (Å²) in [4.78, 5) is 23.6. The summed E-state index contributed by atoms with van der Waals surface area (Å²) < 4.78 is 38.0. The SMILES string of the molecule is NC[C@H](NC(=O)c1ccc(C#CC#Cc2cccc(C(F)(F)F)c2)cc1)C(=O)CO. The quantitative estimate of drug-likeness (QED) is 0.650. The zero-order valence-electron chi connectivity index (χ0n) is 15.6. The van der Waals surface area contributed by atoms with Crippen molar-refractivity contribution >= 4 is 11.7 Å². The summed E-state index contributed by atoms with van der Waals surface area (Å²) in [6.45, 7) is -0.864. The number of carbonyl (C=O) groups is 2. The van der Waals surface area contributed by atoms with Gasteiger partial charge >= 0.3 is 6.18 Å². The van der Waals surface area contributed by atoms with Crippen molar-refractivity contribution < 1.29 is 27.9 Å². The summed E-state index contributed by atoms with van der Waals surface area (Å²) in [5.41, 5.74) is 5.61. The van der Waals surface area contributed by atoms with Gasteiger partial charge in [0.2, 0.25) is 0 Å². The molecule has 0 fully saturated rings. The van der Waals surface area contributed by atoms with Crippen molar-refractivity contribution in [1.82, 2.24) is 5.32 Å². The van der Waals surface area contributed by atoms with Gasteiger partial charge in [0.25, 0.3) is 5.91 Å². The van der Waals surface area contributed by atoms with Gasteiger partial charge in [0.05, 0.1) is 5.56 Å². The molecule has 2 aromatic rings. The van der Waals surface area contributed by atoms with Gasteiger partial charge in [0, 0.05) is 23.2 Å². The van der Waals surface area contributed by atoms with Crippen LogP contribution >= 0.6 is 0 Å². The molecule has 5 nitrogen and oxygen atoms in total. The summed E-state index contributed by atoms with van der Waals surface area (Å²) in [6.07, 6.45) is -4.44. The fourth-order valence-electron chi connectivity index (χ4n) is 2.31. The monoisotopic (exact) mass is 414 g/mol. The van der Waals surface area contributed by atoms with Gasteiger partial charge in [-0.2, -0.15) is 13.2 Å². The third kappa shape index (κ3) is 6.49. The van der Waals surface area contributed by atoms with E-state index in [0.717, 1.165) is 12.1 Å². The smallest absolute Gasteiger partial charge is 0.388 e. The second-order valence-corrected chi connectivity index (χ2v) is 6.04. The molecule has 0 bridgehead atoms. The number of halogens is 3. The predicted octanol–water partition coefficient (Wildman–Crippen LogP) is 1.73. The lowest BCUT2D eigenvalue weighted by Gasteiger charge is -2.14. The average Bonchev–Trinajstić information content (AvgIpc) is 2.74. The first kappa shape index (κ1) is 22.7. The number of carbonyl (C=O) groups excluding carboxylic acids is 2. The molecule has 154 valence electrons. The first-order valence-corrected chi connectivity index (χ1v) is 8.68. The highest BCUT2D eigenvalue weighted by molar-refractivity contribution is 5.98. The first-order valence-electron chi connectivity index (χ1n) is 8.68. The van der Waals surface area contributed by atoms with Crippen molar-refractivity contribution in [3.05, 3.63) is 70.8 Å². The molecule has 0 aliphatic heterocycles. The molecule has 0 unspecified atom stereocenters. The number of alkyl halides is 3.